The van der Waals surface area contributed by atoms with E-state index in [9.17, 15) is 13.2 Å². The highest BCUT2D eigenvalue weighted by Gasteiger charge is 2.44. The summed E-state index contributed by atoms with van der Waals surface area (Å²) in [5.74, 6) is -0.463. The van der Waals surface area contributed by atoms with Crippen molar-refractivity contribution in [3.8, 4) is 0 Å². The maximum Gasteiger partial charge on any atom is 0.330 e. The van der Waals surface area contributed by atoms with Crippen molar-refractivity contribution in [3.05, 3.63) is 41.0 Å². The van der Waals surface area contributed by atoms with Gasteiger partial charge in [0.2, 0.25) is 10.0 Å². The van der Waals surface area contributed by atoms with Gasteiger partial charge in [0, 0.05) is 12.6 Å². The van der Waals surface area contributed by atoms with Gasteiger partial charge >= 0.3 is 5.97 Å². The Balaban J connectivity index is 2.13. The first-order valence-corrected chi connectivity index (χ1v) is 9.37. The van der Waals surface area contributed by atoms with Gasteiger partial charge in [0.05, 0.1) is 10.9 Å². The van der Waals surface area contributed by atoms with E-state index in [4.69, 9.17) is 4.74 Å². The maximum absolute atomic E-state index is 12.8. The minimum Gasteiger partial charge on any atom is -0.457 e. The largest absolute Gasteiger partial charge is 0.457 e. The Morgan fingerprint density at radius 1 is 1.21 bits per heavy atom. The average Bonchev–Trinajstić information content (AvgIpc) is 3.12. The first-order valence-electron chi connectivity index (χ1n) is 7.93. The van der Waals surface area contributed by atoms with Crippen LogP contribution in [0.15, 0.2) is 29.2 Å². The standard InChI is InChI=1S/C18H25NO4S/c1-12-9-13(2)17(14(3)10-12)24(21,22)19-11-15(19)7-8-16(20)23-18(4,5)6/h7-10,15H,11H2,1-6H3/b8-7-/t15-,19?/m0/s1. The number of esters is 1. The molecule has 0 saturated carbocycles. The summed E-state index contributed by atoms with van der Waals surface area (Å²) in [6.07, 6.45) is 2.89. The van der Waals surface area contributed by atoms with Crippen LogP contribution in [0.5, 0.6) is 0 Å². The van der Waals surface area contributed by atoms with Gasteiger partial charge in [0.15, 0.2) is 0 Å². The van der Waals surface area contributed by atoms with Crippen LogP contribution in [0.4, 0.5) is 0 Å². The van der Waals surface area contributed by atoms with Gasteiger partial charge in [0.1, 0.15) is 5.60 Å². The van der Waals surface area contributed by atoms with Crippen LogP contribution in [0.3, 0.4) is 0 Å². The Labute approximate surface area is 144 Å². The molecule has 1 heterocycles. The van der Waals surface area contributed by atoms with E-state index in [2.05, 4.69) is 0 Å². The fourth-order valence-electron chi connectivity index (χ4n) is 2.79. The molecule has 0 N–H and O–H groups in total. The van der Waals surface area contributed by atoms with Crippen LogP contribution in [-0.4, -0.2) is 36.9 Å². The van der Waals surface area contributed by atoms with Gasteiger partial charge in [-0.25, -0.2) is 13.2 Å². The normalized spacial score (nSPS) is 21.1. The average molecular weight is 351 g/mol. The van der Waals surface area contributed by atoms with E-state index >= 15 is 0 Å². The molecule has 1 fully saturated rings. The first kappa shape index (κ1) is 18.7. The van der Waals surface area contributed by atoms with E-state index in [1.165, 1.54) is 10.4 Å². The third kappa shape index (κ3) is 4.24. The molecule has 132 valence electrons. The highest BCUT2D eigenvalue weighted by molar-refractivity contribution is 7.89. The molecule has 0 aliphatic carbocycles. The molecule has 0 radical (unpaired) electrons. The quantitative estimate of drug-likeness (QED) is 0.475. The highest BCUT2D eigenvalue weighted by Crippen LogP contribution is 2.33. The lowest BCUT2D eigenvalue weighted by molar-refractivity contribution is -0.148. The van der Waals surface area contributed by atoms with Crippen molar-refractivity contribution in [1.82, 2.24) is 4.31 Å². The molecule has 0 bridgehead atoms. The Hall–Kier alpha value is -1.66. The van der Waals surface area contributed by atoms with Crippen LogP contribution in [-0.2, 0) is 19.6 Å². The summed E-state index contributed by atoms with van der Waals surface area (Å²) in [5.41, 5.74) is 1.96. The number of rotatable bonds is 4. The van der Waals surface area contributed by atoms with Gasteiger partial charge in [0.25, 0.3) is 0 Å². The predicted octanol–water partition coefficient (Wildman–Crippen LogP) is 2.88. The highest BCUT2D eigenvalue weighted by atomic mass is 32.2. The van der Waals surface area contributed by atoms with Crippen LogP contribution in [0.25, 0.3) is 0 Å². The molecule has 1 aromatic rings. The maximum atomic E-state index is 12.8. The minimum absolute atomic E-state index is 0.289. The second kappa shape index (κ2) is 6.33. The molecule has 2 rings (SSSR count). The summed E-state index contributed by atoms with van der Waals surface area (Å²) in [4.78, 5) is 12.0. The van der Waals surface area contributed by atoms with Crippen molar-refractivity contribution in [2.45, 2.75) is 58.1 Å². The van der Waals surface area contributed by atoms with Crippen molar-refractivity contribution in [2.75, 3.05) is 6.54 Å². The minimum atomic E-state index is -3.55. The Bertz CT molecular complexity index is 765. The van der Waals surface area contributed by atoms with E-state index in [1.54, 1.807) is 26.8 Å². The zero-order valence-corrected chi connectivity index (χ0v) is 15.9. The molecule has 5 nitrogen and oxygen atoms in total. The number of hydrogen-bond acceptors (Lipinski definition) is 4. The van der Waals surface area contributed by atoms with Crippen molar-refractivity contribution < 1.29 is 17.9 Å². The monoisotopic (exact) mass is 351 g/mol. The van der Waals surface area contributed by atoms with Crippen LogP contribution < -0.4 is 0 Å². The Morgan fingerprint density at radius 3 is 2.25 bits per heavy atom. The number of hydrogen-bond donors (Lipinski definition) is 0. The molecule has 24 heavy (non-hydrogen) atoms. The number of aryl methyl sites for hydroxylation is 3. The number of ether oxygens (including phenoxy) is 1. The number of carbonyl (C=O) groups is 1. The smallest absolute Gasteiger partial charge is 0.330 e. The Kier molecular flexibility index (Phi) is 4.93. The van der Waals surface area contributed by atoms with Gasteiger partial charge in [-0.15, -0.1) is 0 Å². The van der Waals surface area contributed by atoms with E-state index in [0.717, 1.165) is 16.7 Å². The summed E-state index contributed by atoms with van der Waals surface area (Å²) in [7, 11) is -3.55. The molecule has 1 aromatic carbocycles. The number of sulfonamides is 1. The van der Waals surface area contributed by atoms with Crippen molar-refractivity contribution in [2.24, 2.45) is 0 Å². The van der Waals surface area contributed by atoms with Gasteiger partial charge in [-0.1, -0.05) is 23.8 Å². The summed E-state index contributed by atoms with van der Waals surface area (Å²) in [6.45, 7) is 11.3. The van der Waals surface area contributed by atoms with Gasteiger partial charge in [-0.05, 0) is 52.7 Å². The Morgan fingerprint density at radius 2 is 1.75 bits per heavy atom. The first-order chi connectivity index (χ1) is 10.9. The SMILES string of the molecule is Cc1cc(C)c(S(=O)(=O)N2C[C@@H]2/C=C\C(=O)OC(C)(C)C)c(C)c1. The molecular formula is C18H25NO4S. The molecule has 0 spiro atoms. The summed E-state index contributed by atoms with van der Waals surface area (Å²) in [5, 5.41) is 0. The summed E-state index contributed by atoms with van der Waals surface area (Å²) >= 11 is 0. The third-order valence-corrected chi connectivity index (χ3v) is 5.83. The zero-order chi connectivity index (χ0) is 18.3. The van der Waals surface area contributed by atoms with Crippen molar-refractivity contribution in [1.29, 1.82) is 0 Å². The van der Waals surface area contributed by atoms with Crippen LogP contribution in [0.2, 0.25) is 0 Å². The summed E-state index contributed by atoms with van der Waals surface area (Å²) < 4.78 is 32.2. The van der Waals surface area contributed by atoms with Gasteiger partial charge < -0.3 is 4.74 Å². The topological polar surface area (TPSA) is 63.5 Å². The van der Waals surface area contributed by atoms with Crippen molar-refractivity contribution in [3.63, 3.8) is 0 Å². The molecule has 1 unspecified atom stereocenters. The fourth-order valence-corrected chi connectivity index (χ4v) is 4.73. The number of carbonyl (C=O) groups excluding carboxylic acids is 1. The molecular weight excluding hydrogens is 326 g/mol. The fraction of sp³-hybridized carbons (Fsp3) is 0.500. The van der Waals surface area contributed by atoms with Crippen LogP contribution in [0, 0.1) is 20.8 Å². The second-order valence-corrected chi connectivity index (χ2v) is 9.09. The summed E-state index contributed by atoms with van der Waals surface area (Å²) in [6, 6.07) is 3.45. The molecule has 0 aromatic heterocycles. The lowest BCUT2D eigenvalue weighted by Gasteiger charge is -2.17. The zero-order valence-electron chi connectivity index (χ0n) is 15.1. The van der Waals surface area contributed by atoms with Crippen molar-refractivity contribution >= 4 is 16.0 Å². The molecule has 6 heteroatoms. The molecule has 1 aliphatic heterocycles. The van der Waals surface area contributed by atoms with Crippen LogP contribution >= 0.6 is 0 Å². The van der Waals surface area contributed by atoms with Gasteiger partial charge in [-0.3, -0.25) is 0 Å². The van der Waals surface area contributed by atoms with E-state index < -0.39 is 21.6 Å². The van der Waals surface area contributed by atoms with Crippen LogP contribution in [0.1, 0.15) is 37.5 Å². The van der Waals surface area contributed by atoms with Gasteiger partial charge in [-0.2, -0.15) is 4.31 Å². The predicted molar refractivity (Wildman–Crippen MR) is 93.3 cm³/mol. The lowest BCUT2D eigenvalue weighted by Crippen LogP contribution is -2.22. The number of benzene rings is 1. The molecule has 1 saturated heterocycles. The third-order valence-electron chi connectivity index (χ3n) is 3.64. The lowest BCUT2D eigenvalue weighted by atomic mass is 10.1. The number of nitrogens with zero attached hydrogens (tertiary/aromatic N) is 1. The molecule has 1 aliphatic rings. The van der Waals surface area contributed by atoms with E-state index in [0.29, 0.717) is 11.4 Å². The van der Waals surface area contributed by atoms with E-state index in [-0.39, 0.29) is 6.04 Å². The molecule has 2 atom stereocenters. The van der Waals surface area contributed by atoms with E-state index in [1.807, 2.05) is 32.9 Å². The molecule has 0 amide bonds. The second-order valence-electron chi connectivity index (χ2n) is 7.26.